The molecule has 3 aliphatic rings. The van der Waals surface area contributed by atoms with Gasteiger partial charge >= 0.3 is 0 Å². The van der Waals surface area contributed by atoms with E-state index in [2.05, 4.69) is 25.6 Å². The van der Waals surface area contributed by atoms with Crippen molar-refractivity contribution in [1.29, 1.82) is 0 Å². The first-order valence-electron chi connectivity index (χ1n) is 8.95. The number of hydrogen-bond donors (Lipinski definition) is 0. The Morgan fingerprint density at radius 2 is 2.09 bits per heavy atom. The molecular weight excluding hydrogens is 284 g/mol. The molecule has 0 amide bonds. The smallest absolute Gasteiger partial charge is 0.139 e. The second-order valence-electron chi connectivity index (χ2n) is 7.83. The molecule has 2 fully saturated rings. The average Bonchev–Trinajstić information content (AvgIpc) is 2.88. The molecular formula is C21H26O2. The number of carbonyl (C=O) groups is 1. The van der Waals surface area contributed by atoms with Crippen molar-refractivity contribution in [3.8, 4) is 5.75 Å². The summed E-state index contributed by atoms with van der Waals surface area (Å²) in [5.74, 6) is 3.33. The van der Waals surface area contributed by atoms with E-state index in [9.17, 15) is 4.79 Å². The van der Waals surface area contributed by atoms with E-state index >= 15 is 0 Å². The second-order valence-corrected chi connectivity index (χ2v) is 7.83. The highest BCUT2D eigenvalue weighted by Gasteiger charge is 2.54. The van der Waals surface area contributed by atoms with Crippen molar-refractivity contribution < 1.29 is 9.53 Å². The Balaban J connectivity index is 1.75. The van der Waals surface area contributed by atoms with Gasteiger partial charge in [-0.25, -0.2) is 0 Å². The number of hydrogen-bond acceptors (Lipinski definition) is 2. The maximum absolute atomic E-state index is 12.4. The lowest BCUT2D eigenvalue weighted by Crippen LogP contribution is -2.42. The summed E-state index contributed by atoms with van der Waals surface area (Å²) in [6.07, 6.45) is 8.36. The summed E-state index contributed by atoms with van der Waals surface area (Å²) in [7, 11) is 1.74. The summed E-state index contributed by atoms with van der Waals surface area (Å²) in [6.45, 7) is 6.15. The molecule has 0 bridgehead atoms. The van der Waals surface area contributed by atoms with Crippen molar-refractivity contribution in [2.24, 2.45) is 17.3 Å². The minimum Gasteiger partial charge on any atom is -0.496 e. The first-order valence-corrected chi connectivity index (χ1v) is 8.95. The third kappa shape index (κ3) is 2.03. The van der Waals surface area contributed by atoms with Crippen molar-refractivity contribution in [2.45, 2.75) is 51.4 Å². The van der Waals surface area contributed by atoms with E-state index in [1.165, 1.54) is 17.5 Å². The van der Waals surface area contributed by atoms with E-state index in [-0.39, 0.29) is 5.41 Å². The van der Waals surface area contributed by atoms with Gasteiger partial charge in [0.05, 0.1) is 7.11 Å². The molecule has 2 heteroatoms. The van der Waals surface area contributed by atoms with Crippen LogP contribution in [0.3, 0.4) is 0 Å². The lowest BCUT2D eigenvalue weighted by Gasteiger charge is -2.48. The number of ketones is 1. The Bertz CT molecular complexity index is 675. The number of aryl methyl sites for hydroxylation is 1. The van der Waals surface area contributed by atoms with E-state index in [0.717, 1.165) is 43.4 Å². The fourth-order valence-corrected chi connectivity index (χ4v) is 5.73. The summed E-state index contributed by atoms with van der Waals surface area (Å²) in [6, 6.07) is 4.52. The molecule has 122 valence electrons. The molecule has 3 unspecified atom stereocenters. The highest BCUT2D eigenvalue weighted by atomic mass is 16.5. The van der Waals surface area contributed by atoms with Gasteiger partial charge in [0.1, 0.15) is 11.5 Å². The van der Waals surface area contributed by atoms with Gasteiger partial charge < -0.3 is 4.74 Å². The third-order valence-electron chi connectivity index (χ3n) is 7.00. The molecule has 0 spiro atoms. The Labute approximate surface area is 138 Å². The van der Waals surface area contributed by atoms with Gasteiger partial charge in [0.2, 0.25) is 0 Å². The van der Waals surface area contributed by atoms with Crippen molar-refractivity contribution in [3.05, 3.63) is 35.4 Å². The van der Waals surface area contributed by atoms with Crippen LogP contribution in [0.5, 0.6) is 5.75 Å². The van der Waals surface area contributed by atoms with Crippen LogP contribution in [0.4, 0.5) is 0 Å². The summed E-state index contributed by atoms with van der Waals surface area (Å²) < 4.78 is 5.58. The number of ether oxygens (including phenoxy) is 1. The molecule has 2 nitrogen and oxygen atoms in total. The van der Waals surface area contributed by atoms with Crippen LogP contribution in [0.1, 0.15) is 61.6 Å². The molecule has 0 heterocycles. The Kier molecular flexibility index (Phi) is 3.40. The van der Waals surface area contributed by atoms with Crippen LogP contribution in [-0.4, -0.2) is 12.9 Å². The van der Waals surface area contributed by atoms with Crippen LogP contribution in [0.2, 0.25) is 0 Å². The number of carbonyl (C=O) groups excluding carboxylic acids is 1. The van der Waals surface area contributed by atoms with Gasteiger partial charge in [-0.3, -0.25) is 4.79 Å². The molecule has 2 saturated carbocycles. The predicted molar refractivity (Wildman–Crippen MR) is 92.7 cm³/mol. The molecule has 0 saturated heterocycles. The van der Waals surface area contributed by atoms with Crippen LogP contribution < -0.4 is 4.74 Å². The van der Waals surface area contributed by atoms with Crippen molar-refractivity contribution >= 4 is 11.9 Å². The maximum Gasteiger partial charge on any atom is 0.139 e. The van der Waals surface area contributed by atoms with Gasteiger partial charge in [0.15, 0.2) is 0 Å². The van der Waals surface area contributed by atoms with Crippen LogP contribution in [0.15, 0.2) is 18.7 Å². The number of rotatable bonds is 2. The highest BCUT2D eigenvalue weighted by Crippen LogP contribution is 2.59. The highest BCUT2D eigenvalue weighted by molar-refractivity contribution is 5.87. The van der Waals surface area contributed by atoms with E-state index in [1.54, 1.807) is 7.11 Å². The molecule has 0 aliphatic heterocycles. The number of Topliss-reactive ketones (excluding diaryl/α,β-unsaturated/α-hetero) is 1. The van der Waals surface area contributed by atoms with Crippen LogP contribution in [0.25, 0.3) is 6.08 Å². The molecule has 0 aromatic heterocycles. The topological polar surface area (TPSA) is 26.3 Å². The van der Waals surface area contributed by atoms with Crippen molar-refractivity contribution in [3.63, 3.8) is 0 Å². The molecule has 4 rings (SSSR count). The second kappa shape index (κ2) is 5.22. The Hall–Kier alpha value is -1.57. The first kappa shape index (κ1) is 15.0. The summed E-state index contributed by atoms with van der Waals surface area (Å²) in [5.41, 5.74) is 4.01. The molecule has 0 radical (unpaired) electrons. The van der Waals surface area contributed by atoms with E-state index in [1.807, 2.05) is 6.08 Å². The minimum absolute atomic E-state index is 0.0379. The lowest BCUT2D eigenvalue weighted by atomic mass is 9.55. The van der Waals surface area contributed by atoms with E-state index in [4.69, 9.17) is 4.74 Å². The summed E-state index contributed by atoms with van der Waals surface area (Å²) in [5, 5.41) is 0. The van der Waals surface area contributed by atoms with E-state index < -0.39 is 0 Å². The van der Waals surface area contributed by atoms with Gasteiger partial charge in [-0.1, -0.05) is 19.6 Å². The molecule has 3 aliphatic carbocycles. The molecule has 0 N–H and O–H groups in total. The van der Waals surface area contributed by atoms with Gasteiger partial charge in [0, 0.05) is 17.4 Å². The fourth-order valence-electron chi connectivity index (χ4n) is 5.73. The van der Waals surface area contributed by atoms with Gasteiger partial charge in [0.25, 0.3) is 0 Å². The monoisotopic (exact) mass is 310 g/mol. The fraction of sp³-hybridized carbons (Fsp3) is 0.571. The first-order chi connectivity index (χ1) is 11.1. The van der Waals surface area contributed by atoms with E-state index in [0.29, 0.717) is 23.5 Å². The quantitative estimate of drug-likeness (QED) is 0.787. The predicted octanol–water partition coefficient (Wildman–Crippen LogP) is 4.76. The summed E-state index contributed by atoms with van der Waals surface area (Å²) >= 11 is 0. The lowest BCUT2D eigenvalue weighted by molar-refractivity contribution is -0.129. The maximum atomic E-state index is 12.4. The van der Waals surface area contributed by atoms with Crippen LogP contribution in [0, 0.1) is 17.3 Å². The Morgan fingerprint density at radius 1 is 1.26 bits per heavy atom. The molecule has 4 atom stereocenters. The van der Waals surface area contributed by atoms with Gasteiger partial charge in [-0.05, 0) is 73.1 Å². The third-order valence-corrected chi connectivity index (χ3v) is 7.00. The summed E-state index contributed by atoms with van der Waals surface area (Å²) in [4.78, 5) is 12.4. The standard InChI is InChI=1S/C21H26O2/c1-4-13-11-14-5-6-16-15(17(14)12-19(13)23-3)9-10-21(2)18(16)7-8-20(21)22/h4,11-12,15-16,18H,1,5-10H2,2-3H3/t15?,16?,18?,21-/m0/s1. The molecule has 23 heavy (non-hydrogen) atoms. The van der Waals surface area contributed by atoms with Crippen molar-refractivity contribution in [2.75, 3.05) is 7.11 Å². The number of methoxy groups -OCH3 is 1. The zero-order valence-electron chi connectivity index (χ0n) is 14.2. The average molecular weight is 310 g/mol. The minimum atomic E-state index is -0.0379. The van der Waals surface area contributed by atoms with Crippen LogP contribution >= 0.6 is 0 Å². The van der Waals surface area contributed by atoms with Gasteiger partial charge in [-0.15, -0.1) is 0 Å². The van der Waals surface area contributed by atoms with Crippen molar-refractivity contribution in [1.82, 2.24) is 0 Å². The molecule has 1 aromatic rings. The number of fused-ring (bicyclic) bond motifs is 5. The molecule has 1 aromatic carbocycles. The zero-order chi connectivity index (χ0) is 16.2. The van der Waals surface area contributed by atoms with Gasteiger partial charge in [-0.2, -0.15) is 0 Å². The van der Waals surface area contributed by atoms with Crippen LogP contribution in [-0.2, 0) is 11.2 Å². The number of benzene rings is 1. The Morgan fingerprint density at radius 3 is 2.83 bits per heavy atom. The zero-order valence-corrected chi connectivity index (χ0v) is 14.2. The SMILES string of the molecule is C=Cc1cc2c(cc1OC)C1CC[C@]3(C)C(=O)CCC3C1CC2. The normalized spacial score (nSPS) is 35.2. The largest absolute Gasteiger partial charge is 0.496 e.